The summed E-state index contributed by atoms with van der Waals surface area (Å²) in [5.74, 6) is 0. The van der Waals surface area contributed by atoms with Crippen LogP contribution < -0.4 is 5.32 Å². The third kappa shape index (κ3) is 2.13. The Bertz CT molecular complexity index is 260. The van der Waals surface area contributed by atoms with Gasteiger partial charge >= 0.3 is 0 Å². The van der Waals surface area contributed by atoms with E-state index < -0.39 is 0 Å². The van der Waals surface area contributed by atoms with Crippen LogP contribution in [0.5, 0.6) is 0 Å². The van der Waals surface area contributed by atoms with Crippen molar-refractivity contribution in [2.75, 3.05) is 7.11 Å². The fourth-order valence-corrected chi connectivity index (χ4v) is 2.07. The number of ether oxygens (including phenoxy) is 1. The van der Waals surface area contributed by atoms with Crippen LogP contribution in [0.1, 0.15) is 25.0 Å². The van der Waals surface area contributed by atoms with Gasteiger partial charge in [-0.05, 0) is 25.3 Å². The molecule has 1 aromatic heterocycles. The molecule has 4 nitrogen and oxygen atoms in total. The van der Waals surface area contributed by atoms with E-state index in [2.05, 4.69) is 15.5 Å². The molecule has 0 radical (unpaired) electrons. The lowest BCUT2D eigenvalue weighted by Gasteiger charge is -2.18. The van der Waals surface area contributed by atoms with E-state index in [-0.39, 0.29) is 0 Å². The summed E-state index contributed by atoms with van der Waals surface area (Å²) in [5, 5.41) is 10.3. The highest BCUT2D eigenvalue weighted by Gasteiger charge is 2.26. The Hall–Kier alpha value is -0.870. The number of aromatic amines is 1. The average Bonchev–Trinajstić information content (AvgIpc) is 2.85. The Kier molecular flexibility index (Phi) is 3.16. The van der Waals surface area contributed by atoms with Crippen molar-refractivity contribution in [3.63, 3.8) is 0 Å². The zero-order chi connectivity index (χ0) is 9.80. The molecule has 1 saturated carbocycles. The third-order valence-electron chi connectivity index (χ3n) is 2.87. The van der Waals surface area contributed by atoms with Gasteiger partial charge in [-0.25, -0.2) is 0 Å². The second-order valence-corrected chi connectivity index (χ2v) is 3.77. The van der Waals surface area contributed by atoms with Crippen LogP contribution in [0.3, 0.4) is 0 Å². The fraction of sp³-hybridized carbons (Fsp3) is 0.700. The van der Waals surface area contributed by atoms with Crippen LogP contribution in [0.25, 0.3) is 0 Å². The minimum Gasteiger partial charge on any atom is -0.380 e. The quantitative estimate of drug-likeness (QED) is 0.755. The van der Waals surface area contributed by atoms with Gasteiger partial charge in [-0.2, -0.15) is 5.10 Å². The molecule has 4 heteroatoms. The van der Waals surface area contributed by atoms with Crippen molar-refractivity contribution < 1.29 is 4.74 Å². The highest BCUT2D eigenvalue weighted by molar-refractivity contribution is 4.98. The van der Waals surface area contributed by atoms with E-state index in [1.165, 1.54) is 19.3 Å². The number of methoxy groups -OCH3 is 1. The van der Waals surface area contributed by atoms with Crippen molar-refractivity contribution in [1.29, 1.82) is 0 Å². The minimum atomic E-state index is 0.387. The summed E-state index contributed by atoms with van der Waals surface area (Å²) in [6.45, 7) is 0.852. The molecule has 0 amide bonds. The van der Waals surface area contributed by atoms with Gasteiger partial charge < -0.3 is 10.1 Å². The summed E-state index contributed by atoms with van der Waals surface area (Å²) in [7, 11) is 1.79. The van der Waals surface area contributed by atoms with Crippen molar-refractivity contribution in [3.05, 3.63) is 18.0 Å². The Morgan fingerprint density at radius 1 is 1.64 bits per heavy atom. The maximum atomic E-state index is 5.41. The highest BCUT2D eigenvalue weighted by atomic mass is 16.5. The Morgan fingerprint density at radius 3 is 3.29 bits per heavy atom. The third-order valence-corrected chi connectivity index (χ3v) is 2.87. The van der Waals surface area contributed by atoms with E-state index in [4.69, 9.17) is 4.74 Å². The summed E-state index contributed by atoms with van der Waals surface area (Å²) in [4.78, 5) is 0. The standard InChI is InChI=1S/C10H17N3O/c1-14-10-4-2-3-9(10)11-7-8-5-6-12-13-8/h5-6,9-11H,2-4,7H2,1H3,(H,12,13). The van der Waals surface area contributed by atoms with Gasteiger partial charge in [0.15, 0.2) is 0 Å². The maximum absolute atomic E-state index is 5.41. The number of hydrogen-bond acceptors (Lipinski definition) is 3. The average molecular weight is 195 g/mol. The zero-order valence-electron chi connectivity index (χ0n) is 8.49. The number of nitrogens with one attached hydrogen (secondary N) is 2. The minimum absolute atomic E-state index is 0.387. The zero-order valence-corrected chi connectivity index (χ0v) is 8.49. The SMILES string of the molecule is COC1CCCC1NCc1ccn[nH]1. The van der Waals surface area contributed by atoms with E-state index >= 15 is 0 Å². The van der Waals surface area contributed by atoms with Gasteiger partial charge in [0.1, 0.15) is 0 Å². The van der Waals surface area contributed by atoms with Crippen LogP contribution in [-0.2, 0) is 11.3 Å². The Morgan fingerprint density at radius 2 is 2.57 bits per heavy atom. The molecule has 1 aromatic rings. The number of H-pyrrole nitrogens is 1. The molecule has 0 spiro atoms. The number of nitrogens with zero attached hydrogens (tertiary/aromatic N) is 1. The molecule has 2 unspecified atom stereocenters. The van der Waals surface area contributed by atoms with Crippen molar-refractivity contribution in [2.24, 2.45) is 0 Å². The fourth-order valence-electron chi connectivity index (χ4n) is 2.07. The van der Waals surface area contributed by atoms with E-state index in [0.717, 1.165) is 12.2 Å². The van der Waals surface area contributed by atoms with Crippen molar-refractivity contribution >= 4 is 0 Å². The van der Waals surface area contributed by atoms with Crippen LogP contribution >= 0.6 is 0 Å². The predicted molar refractivity (Wildman–Crippen MR) is 53.9 cm³/mol. The molecular formula is C10H17N3O. The molecule has 0 aromatic carbocycles. The first-order valence-corrected chi connectivity index (χ1v) is 5.14. The first kappa shape index (κ1) is 9.68. The second-order valence-electron chi connectivity index (χ2n) is 3.77. The molecule has 0 aliphatic heterocycles. The monoisotopic (exact) mass is 195 g/mol. The van der Waals surface area contributed by atoms with E-state index in [1.54, 1.807) is 13.3 Å². The summed E-state index contributed by atoms with van der Waals surface area (Å²) in [6.07, 6.45) is 5.82. The molecule has 1 aliphatic rings. The first-order valence-electron chi connectivity index (χ1n) is 5.14. The second kappa shape index (κ2) is 4.57. The molecule has 14 heavy (non-hydrogen) atoms. The molecule has 2 rings (SSSR count). The van der Waals surface area contributed by atoms with Gasteiger partial charge in [-0.1, -0.05) is 0 Å². The molecule has 1 fully saturated rings. The van der Waals surface area contributed by atoms with Crippen molar-refractivity contribution in [2.45, 2.75) is 38.0 Å². The number of rotatable bonds is 4. The highest BCUT2D eigenvalue weighted by Crippen LogP contribution is 2.21. The van der Waals surface area contributed by atoms with Gasteiger partial charge in [0.05, 0.1) is 6.10 Å². The van der Waals surface area contributed by atoms with Gasteiger partial charge in [0.25, 0.3) is 0 Å². The van der Waals surface area contributed by atoms with Crippen molar-refractivity contribution in [3.8, 4) is 0 Å². The van der Waals surface area contributed by atoms with Crippen LogP contribution in [0.2, 0.25) is 0 Å². The largest absolute Gasteiger partial charge is 0.380 e. The normalized spacial score (nSPS) is 26.9. The van der Waals surface area contributed by atoms with E-state index in [1.807, 2.05) is 6.07 Å². The van der Waals surface area contributed by atoms with Crippen molar-refractivity contribution in [1.82, 2.24) is 15.5 Å². The van der Waals surface area contributed by atoms with Crippen LogP contribution in [0.4, 0.5) is 0 Å². The first-order chi connectivity index (χ1) is 6.90. The smallest absolute Gasteiger partial charge is 0.0724 e. The topological polar surface area (TPSA) is 49.9 Å². The van der Waals surface area contributed by atoms with Gasteiger partial charge in [-0.15, -0.1) is 0 Å². The van der Waals surface area contributed by atoms with Crippen LogP contribution in [0.15, 0.2) is 12.3 Å². The molecule has 2 atom stereocenters. The summed E-state index contributed by atoms with van der Waals surface area (Å²) >= 11 is 0. The Balaban J connectivity index is 1.80. The Labute approximate surface area is 84.0 Å². The van der Waals surface area contributed by atoms with Gasteiger partial charge in [-0.3, -0.25) is 5.10 Å². The summed E-state index contributed by atoms with van der Waals surface area (Å²) < 4.78 is 5.41. The van der Waals surface area contributed by atoms with Gasteiger partial charge in [0, 0.05) is 31.6 Å². The van der Waals surface area contributed by atoms with Crippen LogP contribution in [-0.4, -0.2) is 29.5 Å². The van der Waals surface area contributed by atoms with Gasteiger partial charge in [0.2, 0.25) is 0 Å². The predicted octanol–water partition coefficient (Wildman–Crippen LogP) is 1.07. The summed E-state index contributed by atoms with van der Waals surface area (Å²) in [5.41, 5.74) is 1.13. The van der Waals surface area contributed by atoms with Crippen LogP contribution in [0, 0.1) is 0 Å². The molecule has 1 aliphatic carbocycles. The number of aromatic nitrogens is 2. The lowest BCUT2D eigenvalue weighted by Crippen LogP contribution is -2.36. The molecule has 0 saturated heterocycles. The molecule has 78 valence electrons. The molecule has 0 bridgehead atoms. The summed E-state index contributed by atoms with van der Waals surface area (Å²) in [6, 6.07) is 2.49. The number of hydrogen-bond donors (Lipinski definition) is 2. The van der Waals surface area contributed by atoms with E-state index in [0.29, 0.717) is 12.1 Å². The lowest BCUT2D eigenvalue weighted by atomic mass is 10.2. The molecule has 1 heterocycles. The lowest BCUT2D eigenvalue weighted by molar-refractivity contribution is 0.0846. The van der Waals surface area contributed by atoms with E-state index in [9.17, 15) is 0 Å². The maximum Gasteiger partial charge on any atom is 0.0724 e. The molecule has 2 N–H and O–H groups in total. The molecular weight excluding hydrogens is 178 g/mol.